The number of nitrogens with one attached hydrogen (secondary N) is 1. The number of nitrogens with zero attached hydrogens (tertiary/aromatic N) is 2. The third kappa shape index (κ3) is 3.05. The number of rotatable bonds is 3. The molecule has 1 aliphatic rings. The zero-order valence-corrected chi connectivity index (χ0v) is 9.98. The molecule has 0 radical (unpaired) electrons. The van der Waals surface area contributed by atoms with Crippen molar-refractivity contribution < 1.29 is 13.2 Å². The molecule has 17 heavy (non-hydrogen) atoms. The van der Waals surface area contributed by atoms with Gasteiger partial charge in [0.15, 0.2) is 0 Å². The van der Waals surface area contributed by atoms with Crippen molar-refractivity contribution in [2.75, 3.05) is 36.8 Å². The van der Waals surface area contributed by atoms with Crippen LogP contribution in [0.3, 0.4) is 0 Å². The highest BCUT2D eigenvalue weighted by Crippen LogP contribution is 2.12. The lowest BCUT2D eigenvalue weighted by molar-refractivity contribution is 0.0733. The van der Waals surface area contributed by atoms with E-state index in [-0.39, 0.29) is 0 Å². The van der Waals surface area contributed by atoms with Crippen molar-refractivity contribution >= 4 is 21.7 Å². The second kappa shape index (κ2) is 4.86. The van der Waals surface area contributed by atoms with E-state index in [1.807, 2.05) is 0 Å². The van der Waals surface area contributed by atoms with Gasteiger partial charge in [0.05, 0.1) is 25.1 Å². The van der Waals surface area contributed by atoms with E-state index in [0.29, 0.717) is 37.8 Å². The number of hydrogen-bond acceptors (Lipinski definition) is 5. The Balaban J connectivity index is 2.08. The number of aromatic nitrogens is 1. The molecule has 94 valence electrons. The first-order valence-electron chi connectivity index (χ1n) is 5.15. The fraction of sp³-hybridized carbons (Fsp3) is 0.444. The van der Waals surface area contributed by atoms with Gasteiger partial charge in [-0.25, -0.2) is 4.98 Å². The third-order valence-electron chi connectivity index (χ3n) is 2.34. The fourth-order valence-electron chi connectivity index (χ4n) is 1.47. The maximum atomic E-state index is 11.9. The number of hydrogen-bond donors (Lipinski definition) is 2. The molecule has 8 heteroatoms. The molecule has 0 atom stereocenters. The molecule has 0 unspecified atom stereocenters. The lowest BCUT2D eigenvalue weighted by Gasteiger charge is -2.26. The minimum atomic E-state index is -3.53. The van der Waals surface area contributed by atoms with Crippen LogP contribution < -0.4 is 10.5 Å². The highest BCUT2D eigenvalue weighted by Gasteiger charge is 2.24. The Morgan fingerprint density at radius 3 is 2.65 bits per heavy atom. The molecule has 0 aromatic carbocycles. The second-order valence-electron chi connectivity index (χ2n) is 3.59. The summed E-state index contributed by atoms with van der Waals surface area (Å²) in [6, 6.07) is 3.11. The monoisotopic (exact) mass is 258 g/mol. The second-order valence-corrected chi connectivity index (χ2v) is 5.26. The minimum Gasteiger partial charge on any atom is -0.384 e. The van der Waals surface area contributed by atoms with E-state index < -0.39 is 10.2 Å². The van der Waals surface area contributed by atoms with Crippen LogP contribution in [-0.2, 0) is 14.9 Å². The number of anilines is 2. The van der Waals surface area contributed by atoms with Crippen LogP contribution >= 0.6 is 0 Å². The Kier molecular flexibility index (Phi) is 3.46. The molecular weight excluding hydrogens is 244 g/mol. The van der Waals surface area contributed by atoms with Crippen LogP contribution in [0.2, 0.25) is 0 Å². The average Bonchev–Trinajstić information content (AvgIpc) is 2.33. The number of nitrogen functional groups attached to an aromatic ring is 1. The normalized spacial score (nSPS) is 17.9. The molecule has 0 saturated carbocycles. The zero-order valence-electron chi connectivity index (χ0n) is 9.17. The molecule has 1 aromatic heterocycles. The van der Waals surface area contributed by atoms with E-state index in [9.17, 15) is 8.42 Å². The maximum absolute atomic E-state index is 11.9. The van der Waals surface area contributed by atoms with Gasteiger partial charge in [0, 0.05) is 13.1 Å². The van der Waals surface area contributed by atoms with Gasteiger partial charge in [-0.2, -0.15) is 12.7 Å². The summed E-state index contributed by atoms with van der Waals surface area (Å²) in [4.78, 5) is 3.82. The van der Waals surface area contributed by atoms with Crippen LogP contribution in [0.1, 0.15) is 0 Å². The first-order chi connectivity index (χ1) is 8.08. The predicted octanol–water partition coefficient (Wildman–Crippen LogP) is -0.347. The Morgan fingerprint density at radius 2 is 2.06 bits per heavy atom. The van der Waals surface area contributed by atoms with Crippen molar-refractivity contribution in [1.29, 1.82) is 0 Å². The topological polar surface area (TPSA) is 97.5 Å². The van der Waals surface area contributed by atoms with Gasteiger partial charge in [-0.1, -0.05) is 0 Å². The average molecular weight is 258 g/mol. The first kappa shape index (κ1) is 12.1. The van der Waals surface area contributed by atoms with Crippen molar-refractivity contribution in [3.05, 3.63) is 18.3 Å². The first-order valence-corrected chi connectivity index (χ1v) is 6.59. The molecule has 0 amide bonds. The number of morpholine rings is 1. The van der Waals surface area contributed by atoms with E-state index in [2.05, 4.69) is 9.71 Å². The summed E-state index contributed by atoms with van der Waals surface area (Å²) in [6.45, 7) is 1.55. The van der Waals surface area contributed by atoms with Crippen LogP contribution in [0.5, 0.6) is 0 Å². The Hall–Kier alpha value is -1.38. The zero-order chi connectivity index (χ0) is 12.3. The van der Waals surface area contributed by atoms with E-state index in [1.165, 1.54) is 16.6 Å². The lowest BCUT2D eigenvalue weighted by Crippen LogP contribution is -2.43. The van der Waals surface area contributed by atoms with Gasteiger partial charge < -0.3 is 10.5 Å². The third-order valence-corrected chi connectivity index (χ3v) is 3.88. The lowest BCUT2D eigenvalue weighted by atomic mass is 10.4. The molecular formula is C9H14N4O3S. The predicted molar refractivity (Wildman–Crippen MR) is 63.6 cm³/mol. The van der Waals surface area contributed by atoms with Crippen LogP contribution in [0.15, 0.2) is 18.3 Å². The molecule has 2 rings (SSSR count). The van der Waals surface area contributed by atoms with Gasteiger partial charge in [0.2, 0.25) is 0 Å². The molecule has 0 bridgehead atoms. The van der Waals surface area contributed by atoms with Crippen molar-refractivity contribution in [3.8, 4) is 0 Å². The molecule has 7 nitrogen and oxygen atoms in total. The van der Waals surface area contributed by atoms with E-state index in [4.69, 9.17) is 10.5 Å². The van der Waals surface area contributed by atoms with Gasteiger partial charge in [-0.3, -0.25) is 4.72 Å². The molecule has 1 saturated heterocycles. The largest absolute Gasteiger partial charge is 0.384 e. The molecule has 1 aromatic rings. The summed E-state index contributed by atoms with van der Waals surface area (Å²) in [5.41, 5.74) is 5.81. The summed E-state index contributed by atoms with van der Waals surface area (Å²) < 4.78 is 32.8. The number of nitrogens with two attached hydrogens (primary N) is 1. The molecule has 0 aliphatic carbocycles. The number of ether oxygens (including phenoxy) is 1. The molecule has 1 fully saturated rings. The Labute approximate surface area is 99.8 Å². The Bertz CT molecular complexity index is 468. The van der Waals surface area contributed by atoms with Crippen molar-refractivity contribution in [2.45, 2.75) is 0 Å². The van der Waals surface area contributed by atoms with Crippen molar-refractivity contribution in [2.24, 2.45) is 0 Å². The number of pyridine rings is 1. The standard InChI is InChI=1S/C9H14N4O3S/c10-9-2-1-8(7-11-9)12-17(14,15)13-3-5-16-6-4-13/h1-2,7,12H,3-6H2,(H2,10,11). The van der Waals surface area contributed by atoms with Gasteiger partial charge in [-0.05, 0) is 12.1 Å². The summed E-state index contributed by atoms with van der Waals surface area (Å²) >= 11 is 0. The SMILES string of the molecule is Nc1ccc(NS(=O)(=O)N2CCOCC2)cn1. The van der Waals surface area contributed by atoms with Crippen LogP contribution in [-0.4, -0.2) is 44.0 Å². The summed E-state index contributed by atoms with van der Waals surface area (Å²) in [6.07, 6.45) is 1.38. The van der Waals surface area contributed by atoms with E-state index in [1.54, 1.807) is 6.07 Å². The molecule has 3 N–H and O–H groups in total. The van der Waals surface area contributed by atoms with Crippen molar-refractivity contribution in [1.82, 2.24) is 9.29 Å². The van der Waals surface area contributed by atoms with Crippen molar-refractivity contribution in [3.63, 3.8) is 0 Å². The molecule has 0 spiro atoms. The highest BCUT2D eigenvalue weighted by atomic mass is 32.2. The minimum absolute atomic E-state index is 0.347. The molecule has 1 aliphatic heterocycles. The summed E-state index contributed by atoms with van der Waals surface area (Å²) in [5.74, 6) is 0.347. The van der Waals surface area contributed by atoms with Crippen LogP contribution in [0.25, 0.3) is 0 Å². The summed E-state index contributed by atoms with van der Waals surface area (Å²) in [7, 11) is -3.53. The van der Waals surface area contributed by atoms with E-state index >= 15 is 0 Å². The van der Waals surface area contributed by atoms with Gasteiger partial charge in [0.25, 0.3) is 0 Å². The van der Waals surface area contributed by atoms with E-state index in [0.717, 1.165) is 0 Å². The maximum Gasteiger partial charge on any atom is 0.301 e. The fourth-order valence-corrected chi connectivity index (χ4v) is 2.64. The van der Waals surface area contributed by atoms with Crippen LogP contribution in [0, 0.1) is 0 Å². The van der Waals surface area contributed by atoms with Crippen LogP contribution in [0.4, 0.5) is 11.5 Å². The smallest absolute Gasteiger partial charge is 0.301 e. The van der Waals surface area contributed by atoms with Gasteiger partial charge in [-0.15, -0.1) is 0 Å². The quantitative estimate of drug-likeness (QED) is 0.772. The highest BCUT2D eigenvalue weighted by molar-refractivity contribution is 7.90. The molecule has 2 heterocycles. The van der Waals surface area contributed by atoms with Gasteiger partial charge in [0.1, 0.15) is 5.82 Å². The van der Waals surface area contributed by atoms with Gasteiger partial charge >= 0.3 is 10.2 Å². The summed E-state index contributed by atoms with van der Waals surface area (Å²) in [5, 5.41) is 0. The Morgan fingerprint density at radius 1 is 1.35 bits per heavy atom.